The van der Waals surface area contributed by atoms with Gasteiger partial charge in [0.25, 0.3) is 6.47 Å². The average Bonchev–Trinajstić information content (AvgIpc) is 2.47. The minimum atomic E-state index is -1.04. The van der Waals surface area contributed by atoms with Crippen LogP contribution in [0.2, 0.25) is 0 Å². The summed E-state index contributed by atoms with van der Waals surface area (Å²) in [4.78, 5) is 21.5. The monoisotopic (exact) mass is 288 g/mol. The van der Waals surface area contributed by atoms with Crippen LogP contribution in [0.3, 0.4) is 0 Å². The Labute approximate surface area is 120 Å². The van der Waals surface area contributed by atoms with Crippen molar-refractivity contribution < 1.29 is 23.8 Å². The first kappa shape index (κ1) is 14.7. The van der Waals surface area contributed by atoms with E-state index in [4.69, 9.17) is 9.84 Å². The SMILES string of the molecule is O=COc1ccc(C(=O)O)c(CCc2ccc(F)cc2)c1. The number of ether oxygens (including phenoxy) is 1. The molecule has 0 bridgehead atoms. The minimum Gasteiger partial charge on any atom is -0.478 e. The molecule has 0 saturated carbocycles. The lowest BCUT2D eigenvalue weighted by Crippen LogP contribution is -2.04. The number of benzene rings is 2. The molecule has 2 aromatic carbocycles. The molecule has 0 radical (unpaired) electrons. The lowest BCUT2D eigenvalue weighted by molar-refractivity contribution is -0.120. The molecule has 2 aromatic rings. The van der Waals surface area contributed by atoms with Crippen LogP contribution in [-0.2, 0) is 17.6 Å². The van der Waals surface area contributed by atoms with Crippen molar-refractivity contribution in [3.8, 4) is 5.75 Å². The van der Waals surface area contributed by atoms with E-state index in [1.807, 2.05) is 0 Å². The van der Waals surface area contributed by atoms with Gasteiger partial charge in [0, 0.05) is 0 Å². The van der Waals surface area contributed by atoms with Gasteiger partial charge in [-0.15, -0.1) is 0 Å². The summed E-state index contributed by atoms with van der Waals surface area (Å²) >= 11 is 0. The fraction of sp³-hybridized carbons (Fsp3) is 0.125. The van der Waals surface area contributed by atoms with Gasteiger partial charge in [0.15, 0.2) is 0 Å². The van der Waals surface area contributed by atoms with E-state index in [0.29, 0.717) is 30.6 Å². The molecule has 108 valence electrons. The van der Waals surface area contributed by atoms with Crippen molar-refractivity contribution in [1.82, 2.24) is 0 Å². The van der Waals surface area contributed by atoms with E-state index < -0.39 is 5.97 Å². The van der Waals surface area contributed by atoms with E-state index in [9.17, 15) is 14.0 Å². The zero-order valence-corrected chi connectivity index (χ0v) is 11.1. The molecule has 0 saturated heterocycles. The van der Waals surface area contributed by atoms with Gasteiger partial charge in [-0.3, -0.25) is 4.79 Å². The van der Waals surface area contributed by atoms with Gasteiger partial charge in [-0.25, -0.2) is 9.18 Å². The molecule has 0 aliphatic heterocycles. The van der Waals surface area contributed by atoms with Gasteiger partial charge in [0.05, 0.1) is 5.56 Å². The molecular weight excluding hydrogens is 275 g/mol. The first-order valence-electron chi connectivity index (χ1n) is 6.31. The maximum Gasteiger partial charge on any atom is 0.335 e. The van der Waals surface area contributed by atoms with E-state index in [1.54, 1.807) is 12.1 Å². The molecule has 4 nitrogen and oxygen atoms in total. The number of carboxylic acid groups (broad SMARTS) is 1. The first-order valence-corrected chi connectivity index (χ1v) is 6.31. The zero-order valence-electron chi connectivity index (χ0n) is 11.1. The van der Waals surface area contributed by atoms with Gasteiger partial charge in [-0.1, -0.05) is 12.1 Å². The van der Waals surface area contributed by atoms with E-state index >= 15 is 0 Å². The second-order valence-electron chi connectivity index (χ2n) is 4.46. The first-order chi connectivity index (χ1) is 10.1. The van der Waals surface area contributed by atoms with E-state index in [1.165, 1.54) is 30.3 Å². The van der Waals surface area contributed by atoms with E-state index in [-0.39, 0.29) is 11.4 Å². The van der Waals surface area contributed by atoms with Crippen LogP contribution in [0.5, 0.6) is 5.75 Å². The maximum atomic E-state index is 12.8. The van der Waals surface area contributed by atoms with Crippen molar-refractivity contribution in [3.05, 3.63) is 65.0 Å². The van der Waals surface area contributed by atoms with Crippen molar-refractivity contribution in [1.29, 1.82) is 0 Å². The number of halogens is 1. The van der Waals surface area contributed by atoms with Crippen LogP contribution in [0, 0.1) is 5.82 Å². The quantitative estimate of drug-likeness (QED) is 0.830. The number of carbonyl (C=O) groups excluding carboxylic acids is 1. The van der Waals surface area contributed by atoms with Crippen LogP contribution in [-0.4, -0.2) is 17.5 Å². The fourth-order valence-electron chi connectivity index (χ4n) is 2.04. The summed E-state index contributed by atoms with van der Waals surface area (Å²) < 4.78 is 17.6. The van der Waals surface area contributed by atoms with Crippen molar-refractivity contribution >= 4 is 12.4 Å². The normalized spacial score (nSPS) is 10.1. The predicted molar refractivity (Wildman–Crippen MR) is 73.9 cm³/mol. The molecule has 2 rings (SSSR count). The molecule has 0 aromatic heterocycles. The standard InChI is InChI=1S/C16H13FO4/c17-13-5-2-11(3-6-13)1-4-12-9-14(21-10-18)7-8-15(12)16(19)20/h2-3,5-10H,1,4H2,(H,19,20). The lowest BCUT2D eigenvalue weighted by atomic mass is 9.99. The minimum absolute atomic E-state index is 0.162. The van der Waals surface area contributed by atoms with Gasteiger partial charge in [-0.2, -0.15) is 0 Å². The molecule has 0 atom stereocenters. The molecule has 0 heterocycles. The summed E-state index contributed by atoms with van der Waals surface area (Å²) in [5, 5.41) is 9.16. The smallest absolute Gasteiger partial charge is 0.335 e. The molecule has 21 heavy (non-hydrogen) atoms. The van der Waals surface area contributed by atoms with Crippen molar-refractivity contribution in [2.75, 3.05) is 0 Å². The largest absolute Gasteiger partial charge is 0.478 e. The molecule has 0 aliphatic rings. The second kappa shape index (κ2) is 6.65. The van der Waals surface area contributed by atoms with Crippen LogP contribution in [0.4, 0.5) is 4.39 Å². The van der Waals surface area contributed by atoms with Gasteiger partial charge < -0.3 is 9.84 Å². The molecule has 0 spiro atoms. The third-order valence-corrected chi connectivity index (χ3v) is 3.09. The number of carboxylic acids is 1. The Morgan fingerprint density at radius 1 is 1.14 bits per heavy atom. The molecule has 0 unspecified atom stereocenters. The third-order valence-electron chi connectivity index (χ3n) is 3.09. The Kier molecular flexibility index (Phi) is 4.66. The van der Waals surface area contributed by atoms with Gasteiger partial charge in [-0.05, 0) is 54.3 Å². The summed E-state index contributed by atoms with van der Waals surface area (Å²) in [6.07, 6.45) is 1.01. The lowest BCUT2D eigenvalue weighted by Gasteiger charge is -2.08. The molecule has 5 heteroatoms. The van der Waals surface area contributed by atoms with Crippen LogP contribution in [0.15, 0.2) is 42.5 Å². The number of hydrogen-bond donors (Lipinski definition) is 1. The van der Waals surface area contributed by atoms with Gasteiger partial charge in [0.1, 0.15) is 11.6 Å². The van der Waals surface area contributed by atoms with Crippen molar-refractivity contribution in [3.63, 3.8) is 0 Å². The van der Waals surface area contributed by atoms with Gasteiger partial charge in [0.2, 0.25) is 0 Å². The summed E-state index contributed by atoms with van der Waals surface area (Å²) in [6.45, 7) is 0.291. The van der Waals surface area contributed by atoms with E-state index in [0.717, 1.165) is 5.56 Å². The molecule has 0 fully saturated rings. The van der Waals surface area contributed by atoms with Crippen LogP contribution >= 0.6 is 0 Å². The third kappa shape index (κ3) is 3.89. The van der Waals surface area contributed by atoms with Crippen LogP contribution in [0.1, 0.15) is 21.5 Å². The Hall–Kier alpha value is -2.69. The maximum absolute atomic E-state index is 12.8. The van der Waals surface area contributed by atoms with Crippen molar-refractivity contribution in [2.45, 2.75) is 12.8 Å². The summed E-state index contributed by atoms with van der Waals surface area (Å²) in [5.41, 5.74) is 1.62. The number of carbonyl (C=O) groups is 2. The topological polar surface area (TPSA) is 63.6 Å². The Morgan fingerprint density at radius 2 is 1.86 bits per heavy atom. The van der Waals surface area contributed by atoms with Crippen LogP contribution in [0.25, 0.3) is 0 Å². The highest BCUT2D eigenvalue weighted by molar-refractivity contribution is 5.89. The Balaban J connectivity index is 2.19. The Morgan fingerprint density at radius 3 is 2.48 bits per heavy atom. The molecule has 1 N–H and O–H groups in total. The molecule has 0 aliphatic carbocycles. The summed E-state index contributed by atoms with van der Waals surface area (Å²) in [5.74, 6) is -1.06. The van der Waals surface area contributed by atoms with Gasteiger partial charge >= 0.3 is 5.97 Å². The molecule has 0 amide bonds. The number of aryl methyl sites for hydroxylation is 2. The summed E-state index contributed by atoms with van der Waals surface area (Å²) in [7, 11) is 0. The van der Waals surface area contributed by atoms with Crippen molar-refractivity contribution in [2.24, 2.45) is 0 Å². The zero-order chi connectivity index (χ0) is 15.2. The number of rotatable bonds is 6. The van der Waals surface area contributed by atoms with E-state index in [2.05, 4.69) is 0 Å². The number of aromatic carboxylic acids is 1. The Bertz CT molecular complexity index is 650. The highest BCUT2D eigenvalue weighted by Crippen LogP contribution is 2.20. The highest BCUT2D eigenvalue weighted by atomic mass is 19.1. The predicted octanol–water partition coefficient (Wildman–Crippen LogP) is 2.84. The second-order valence-corrected chi connectivity index (χ2v) is 4.46. The number of hydrogen-bond acceptors (Lipinski definition) is 3. The average molecular weight is 288 g/mol. The highest BCUT2D eigenvalue weighted by Gasteiger charge is 2.11. The van der Waals surface area contributed by atoms with Crippen LogP contribution < -0.4 is 4.74 Å². The molecular formula is C16H13FO4. The summed E-state index contributed by atoms with van der Waals surface area (Å²) in [6, 6.07) is 10.4. The fourth-order valence-corrected chi connectivity index (χ4v) is 2.04.